The molecule has 2 aliphatic rings. The largest absolute Gasteiger partial charge is 0.300 e. The fraction of sp³-hybridized carbons (Fsp3) is 0.500. The van der Waals surface area contributed by atoms with Crippen molar-refractivity contribution in [3.05, 3.63) is 25.3 Å². The zero-order chi connectivity index (χ0) is 14.5. The number of hydrogen-bond acceptors (Lipinski definition) is 6. The van der Waals surface area contributed by atoms with Crippen molar-refractivity contribution in [2.45, 2.75) is 32.0 Å². The molecule has 0 aromatic rings. The number of nitrogens with zero attached hydrogens (tertiary/aromatic N) is 4. The molecular formula is C14H21N5O. The first kappa shape index (κ1) is 14.6. The van der Waals surface area contributed by atoms with Crippen LogP contribution < -0.4 is 5.84 Å². The standard InChI is InChI=1S/C14H21N5O/c1-3-5-12-16-13(6-4-2)19(15)14(17-12)18-9-7-11(20)8-10-18/h3-4,14H,1-2,5-10,15H2. The minimum Gasteiger partial charge on any atom is -0.300 e. The average Bonchev–Trinajstić information content (AvgIpc) is 2.44. The first-order chi connectivity index (χ1) is 9.65. The summed E-state index contributed by atoms with van der Waals surface area (Å²) in [6, 6.07) is 0. The molecule has 1 atom stereocenters. The van der Waals surface area contributed by atoms with E-state index in [-0.39, 0.29) is 6.29 Å². The summed E-state index contributed by atoms with van der Waals surface area (Å²) >= 11 is 0. The van der Waals surface area contributed by atoms with Gasteiger partial charge in [0.1, 0.15) is 17.5 Å². The van der Waals surface area contributed by atoms with Crippen molar-refractivity contribution in [2.75, 3.05) is 13.1 Å². The summed E-state index contributed by atoms with van der Waals surface area (Å²) in [4.78, 5) is 22.5. The number of hydrogen-bond donors (Lipinski definition) is 1. The maximum absolute atomic E-state index is 11.3. The molecule has 0 bridgehead atoms. The summed E-state index contributed by atoms with van der Waals surface area (Å²) in [5.74, 6) is 7.90. The van der Waals surface area contributed by atoms with Gasteiger partial charge < -0.3 is 0 Å². The summed E-state index contributed by atoms with van der Waals surface area (Å²) in [5.41, 5.74) is 0. The monoisotopic (exact) mass is 275 g/mol. The molecule has 0 saturated carbocycles. The highest BCUT2D eigenvalue weighted by Gasteiger charge is 2.30. The number of aliphatic imine (C=N–C) groups is 2. The van der Waals surface area contributed by atoms with Crippen LogP contribution in [-0.2, 0) is 4.79 Å². The summed E-state index contributed by atoms with van der Waals surface area (Å²) in [6.45, 7) is 8.81. The zero-order valence-corrected chi connectivity index (χ0v) is 11.7. The zero-order valence-electron chi connectivity index (χ0n) is 11.7. The maximum atomic E-state index is 11.3. The molecule has 108 valence electrons. The molecule has 0 aliphatic carbocycles. The van der Waals surface area contributed by atoms with Crippen molar-refractivity contribution >= 4 is 17.5 Å². The Bertz CT molecular complexity index is 458. The predicted octanol–water partition coefficient (Wildman–Crippen LogP) is 1.07. The van der Waals surface area contributed by atoms with Gasteiger partial charge in [-0.2, -0.15) is 0 Å². The Morgan fingerprint density at radius 3 is 2.50 bits per heavy atom. The summed E-state index contributed by atoms with van der Waals surface area (Å²) < 4.78 is 0. The molecule has 2 heterocycles. The Kier molecular flexibility index (Phi) is 4.81. The van der Waals surface area contributed by atoms with E-state index in [9.17, 15) is 4.79 Å². The molecule has 0 radical (unpaired) electrons. The summed E-state index contributed by atoms with van der Waals surface area (Å²) in [5, 5.41) is 1.57. The third kappa shape index (κ3) is 3.20. The minimum absolute atomic E-state index is 0.287. The number of ketones is 1. The summed E-state index contributed by atoms with van der Waals surface area (Å²) in [7, 11) is 0. The number of rotatable bonds is 5. The number of hydrazine groups is 1. The van der Waals surface area contributed by atoms with Crippen LogP contribution in [0.4, 0.5) is 0 Å². The molecule has 2 aliphatic heterocycles. The molecule has 6 nitrogen and oxygen atoms in total. The highest BCUT2D eigenvalue weighted by molar-refractivity contribution is 5.99. The van der Waals surface area contributed by atoms with Gasteiger partial charge in [-0.15, -0.1) is 13.2 Å². The fourth-order valence-electron chi connectivity index (χ4n) is 2.33. The van der Waals surface area contributed by atoms with Gasteiger partial charge in [-0.05, 0) is 0 Å². The molecule has 0 amide bonds. The number of amidine groups is 2. The maximum Gasteiger partial charge on any atom is 0.195 e. The lowest BCUT2D eigenvalue weighted by atomic mass is 10.1. The fourth-order valence-corrected chi connectivity index (χ4v) is 2.33. The second kappa shape index (κ2) is 6.58. The number of carbonyl (C=O) groups is 1. The quantitative estimate of drug-likeness (QED) is 0.601. The van der Waals surface area contributed by atoms with Crippen LogP contribution in [0.5, 0.6) is 0 Å². The van der Waals surface area contributed by atoms with Crippen LogP contribution in [-0.4, -0.2) is 46.7 Å². The van der Waals surface area contributed by atoms with Crippen LogP contribution in [0.15, 0.2) is 35.3 Å². The van der Waals surface area contributed by atoms with Gasteiger partial charge >= 0.3 is 0 Å². The topological polar surface area (TPSA) is 74.3 Å². The normalized spacial score (nSPS) is 24.1. The molecule has 2 N–H and O–H groups in total. The highest BCUT2D eigenvalue weighted by atomic mass is 16.1. The molecule has 1 unspecified atom stereocenters. The van der Waals surface area contributed by atoms with Crippen molar-refractivity contribution in [1.82, 2.24) is 9.91 Å². The van der Waals surface area contributed by atoms with Gasteiger partial charge in [-0.1, -0.05) is 12.2 Å². The van der Waals surface area contributed by atoms with Crippen molar-refractivity contribution < 1.29 is 4.79 Å². The lowest BCUT2D eigenvalue weighted by molar-refractivity contribution is -0.122. The van der Waals surface area contributed by atoms with Gasteiger partial charge in [0.05, 0.1) is 0 Å². The molecule has 20 heavy (non-hydrogen) atoms. The smallest absolute Gasteiger partial charge is 0.195 e. The number of Topliss-reactive ketones (excluding diaryl/α,β-unsaturated/α-hetero) is 1. The van der Waals surface area contributed by atoms with Crippen LogP contribution in [0.25, 0.3) is 0 Å². The van der Waals surface area contributed by atoms with Crippen molar-refractivity contribution in [2.24, 2.45) is 15.8 Å². The van der Waals surface area contributed by atoms with E-state index >= 15 is 0 Å². The van der Waals surface area contributed by atoms with Gasteiger partial charge in [0.25, 0.3) is 0 Å². The van der Waals surface area contributed by atoms with Gasteiger partial charge in [0.2, 0.25) is 0 Å². The van der Waals surface area contributed by atoms with E-state index in [4.69, 9.17) is 5.84 Å². The van der Waals surface area contributed by atoms with E-state index in [1.165, 1.54) is 0 Å². The predicted molar refractivity (Wildman–Crippen MR) is 80.1 cm³/mol. The SMILES string of the molecule is C=CCC1=NC(N2CCC(=O)CC2)N(N)C(CC=C)=N1. The van der Waals surface area contributed by atoms with E-state index in [0.717, 1.165) is 11.7 Å². The van der Waals surface area contributed by atoms with E-state index in [1.807, 2.05) is 0 Å². The van der Waals surface area contributed by atoms with Gasteiger partial charge in [-0.25, -0.2) is 15.8 Å². The van der Waals surface area contributed by atoms with E-state index < -0.39 is 0 Å². The second-order valence-corrected chi connectivity index (χ2v) is 4.89. The molecule has 1 saturated heterocycles. The Morgan fingerprint density at radius 1 is 1.25 bits per heavy atom. The van der Waals surface area contributed by atoms with E-state index in [0.29, 0.717) is 44.6 Å². The Hall–Kier alpha value is -1.79. The van der Waals surface area contributed by atoms with Crippen LogP contribution in [0.2, 0.25) is 0 Å². The molecule has 6 heteroatoms. The third-order valence-corrected chi connectivity index (χ3v) is 3.41. The average molecular weight is 275 g/mol. The molecular weight excluding hydrogens is 254 g/mol. The van der Waals surface area contributed by atoms with E-state index in [1.54, 1.807) is 17.2 Å². The number of nitrogens with two attached hydrogens (primary N) is 1. The number of piperidine rings is 1. The Balaban J connectivity index is 2.18. The number of likely N-dealkylation sites (tertiary alicyclic amines) is 1. The number of carbonyl (C=O) groups excluding carboxylic acids is 1. The Morgan fingerprint density at radius 2 is 1.90 bits per heavy atom. The molecule has 0 spiro atoms. The van der Waals surface area contributed by atoms with Gasteiger partial charge in [0.15, 0.2) is 6.29 Å². The summed E-state index contributed by atoms with van der Waals surface area (Å²) in [6.07, 6.45) is 5.58. The van der Waals surface area contributed by atoms with Crippen LogP contribution >= 0.6 is 0 Å². The van der Waals surface area contributed by atoms with Gasteiger partial charge in [-0.3, -0.25) is 14.7 Å². The lowest BCUT2D eigenvalue weighted by Gasteiger charge is -2.39. The van der Waals surface area contributed by atoms with Crippen molar-refractivity contribution in [3.63, 3.8) is 0 Å². The molecule has 0 aromatic carbocycles. The third-order valence-electron chi connectivity index (χ3n) is 3.41. The Labute approximate surface area is 119 Å². The van der Waals surface area contributed by atoms with E-state index in [2.05, 4.69) is 28.0 Å². The lowest BCUT2D eigenvalue weighted by Crippen LogP contribution is -2.57. The second-order valence-electron chi connectivity index (χ2n) is 4.89. The van der Waals surface area contributed by atoms with Crippen molar-refractivity contribution in [1.29, 1.82) is 0 Å². The van der Waals surface area contributed by atoms with Crippen LogP contribution in [0, 0.1) is 0 Å². The van der Waals surface area contributed by atoms with Crippen LogP contribution in [0.1, 0.15) is 25.7 Å². The first-order valence-electron chi connectivity index (χ1n) is 6.81. The van der Waals surface area contributed by atoms with Gasteiger partial charge in [0, 0.05) is 38.8 Å². The van der Waals surface area contributed by atoms with Crippen LogP contribution in [0.3, 0.4) is 0 Å². The molecule has 0 aromatic heterocycles. The molecule has 1 fully saturated rings. The molecule has 2 rings (SSSR count). The van der Waals surface area contributed by atoms with Crippen molar-refractivity contribution in [3.8, 4) is 0 Å². The minimum atomic E-state index is -0.287. The first-order valence-corrected chi connectivity index (χ1v) is 6.81. The highest BCUT2D eigenvalue weighted by Crippen LogP contribution is 2.18.